The first-order valence-corrected chi connectivity index (χ1v) is 3.96. The van der Waals surface area contributed by atoms with Crippen molar-refractivity contribution in [3.05, 3.63) is 0 Å². The molecule has 0 bridgehead atoms. The number of thiol groups is 1. The summed E-state index contributed by atoms with van der Waals surface area (Å²) in [5.74, 6) is -1.61. The third-order valence-corrected chi connectivity index (χ3v) is 1.33. The molecule has 0 saturated carbocycles. The minimum absolute atomic E-state index is 0.257. The maximum Gasteiger partial charge on any atom is 0.317 e. The molecule has 70 valence electrons. The number of nitrogens with zero attached hydrogens (tertiary/aromatic N) is 1. The first-order valence-electron chi connectivity index (χ1n) is 3.33. The lowest BCUT2D eigenvalue weighted by molar-refractivity contribution is -0.141. The molecular formula is C6H11NO4S. The third-order valence-electron chi connectivity index (χ3n) is 1.13. The van der Waals surface area contributed by atoms with Gasteiger partial charge in [-0.05, 0) is 0 Å². The molecule has 12 heavy (non-hydrogen) atoms. The molecular weight excluding hydrogens is 182 g/mol. The predicted octanol–water partition coefficient (Wildman–Crippen LogP) is -0.613. The predicted molar refractivity (Wildman–Crippen MR) is 45.6 cm³/mol. The second kappa shape index (κ2) is 5.84. The van der Waals surface area contributed by atoms with Gasteiger partial charge in [0.15, 0.2) is 0 Å². The monoisotopic (exact) mass is 193 g/mol. The van der Waals surface area contributed by atoms with Crippen molar-refractivity contribution in [1.29, 1.82) is 0 Å². The van der Waals surface area contributed by atoms with Crippen LogP contribution in [0.2, 0.25) is 0 Å². The molecule has 0 rings (SSSR count). The van der Waals surface area contributed by atoms with Crippen molar-refractivity contribution in [2.24, 2.45) is 0 Å². The van der Waals surface area contributed by atoms with Crippen LogP contribution in [0.15, 0.2) is 0 Å². The van der Waals surface area contributed by atoms with Crippen molar-refractivity contribution < 1.29 is 19.8 Å². The molecule has 0 aliphatic carbocycles. The van der Waals surface area contributed by atoms with Crippen LogP contribution in [-0.2, 0) is 9.59 Å². The van der Waals surface area contributed by atoms with Crippen molar-refractivity contribution in [2.45, 2.75) is 0 Å². The zero-order chi connectivity index (χ0) is 9.56. The topological polar surface area (TPSA) is 77.8 Å². The van der Waals surface area contributed by atoms with Gasteiger partial charge in [0, 0.05) is 12.3 Å². The molecule has 0 aliphatic heterocycles. The summed E-state index contributed by atoms with van der Waals surface area (Å²) in [6.45, 7) is -0.151. The zero-order valence-corrected chi connectivity index (χ0v) is 7.33. The molecule has 6 heteroatoms. The molecule has 0 unspecified atom stereocenters. The van der Waals surface area contributed by atoms with Crippen LogP contribution >= 0.6 is 12.6 Å². The molecule has 0 aromatic rings. The van der Waals surface area contributed by atoms with Crippen LogP contribution in [-0.4, -0.2) is 52.4 Å². The van der Waals surface area contributed by atoms with Crippen LogP contribution in [0, 0.1) is 0 Å². The minimum Gasteiger partial charge on any atom is -0.480 e. The van der Waals surface area contributed by atoms with Gasteiger partial charge in [-0.1, -0.05) is 0 Å². The smallest absolute Gasteiger partial charge is 0.317 e. The third kappa shape index (κ3) is 5.99. The lowest BCUT2D eigenvalue weighted by Crippen LogP contribution is -2.35. The molecule has 0 spiro atoms. The largest absolute Gasteiger partial charge is 0.480 e. The van der Waals surface area contributed by atoms with E-state index in [9.17, 15) is 9.59 Å². The highest BCUT2D eigenvalue weighted by atomic mass is 32.1. The number of aliphatic carboxylic acids is 2. The fourth-order valence-electron chi connectivity index (χ4n) is 0.738. The Labute approximate surface area is 75.4 Å². The van der Waals surface area contributed by atoms with E-state index in [0.29, 0.717) is 12.3 Å². The Morgan fingerprint density at radius 3 is 1.83 bits per heavy atom. The number of hydrogen-bond acceptors (Lipinski definition) is 4. The summed E-state index contributed by atoms with van der Waals surface area (Å²) < 4.78 is 0. The van der Waals surface area contributed by atoms with E-state index in [0.717, 1.165) is 0 Å². The van der Waals surface area contributed by atoms with Crippen LogP contribution in [0.25, 0.3) is 0 Å². The fraction of sp³-hybridized carbons (Fsp3) is 0.667. The van der Waals surface area contributed by atoms with Crippen LogP contribution in [0.4, 0.5) is 0 Å². The van der Waals surface area contributed by atoms with Gasteiger partial charge in [0.25, 0.3) is 0 Å². The summed E-state index contributed by atoms with van der Waals surface area (Å²) in [6.07, 6.45) is 0. The maximum absolute atomic E-state index is 10.2. The normalized spacial score (nSPS) is 10.2. The van der Waals surface area contributed by atoms with Gasteiger partial charge in [0.1, 0.15) is 0 Å². The van der Waals surface area contributed by atoms with E-state index < -0.39 is 11.9 Å². The Hall–Kier alpha value is -0.750. The molecule has 0 saturated heterocycles. The van der Waals surface area contributed by atoms with Crippen LogP contribution < -0.4 is 0 Å². The lowest BCUT2D eigenvalue weighted by Gasteiger charge is -2.15. The van der Waals surface area contributed by atoms with Crippen LogP contribution in [0.1, 0.15) is 0 Å². The van der Waals surface area contributed by atoms with E-state index in [1.54, 1.807) is 0 Å². The van der Waals surface area contributed by atoms with Crippen molar-refractivity contribution in [2.75, 3.05) is 25.4 Å². The van der Waals surface area contributed by atoms with Crippen LogP contribution in [0.3, 0.4) is 0 Å². The summed E-state index contributed by atoms with van der Waals surface area (Å²) in [7, 11) is 0. The number of rotatable bonds is 6. The maximum atomic E-state index is 10.2. The number of carboxylic acids is 2. The Bertz CT molecular complexity index is 157. The lowest BCUT2D eigenvalue weighted by atomic mass is 10.4. The van der Waals surface area contributed by atoms with Gasteiger partial charge in [-0.15, -0.1) is 0 Å². The van der Waals surface area contributed by atoms with Crippen molar-refractivity contribution in [1.82, 2.24) is 4.90 Å². The molecule has 0 aliphatic rings. The van der Waals surface area contributed by atoms with E-state index in [-0.39, 0.29) is 13.1 Å². The Morgan fingerprint density at radius 1 is 1.17 bits per heavy atom. The van der Waals surface area contributed by atoms with E-state index in [2.05, 4.69) is 12.6 Å². The summed E-state index contributed by atoms with van der Waals surface area (Å²) in [4.78, 5) is 21.7. The standard InChI is InChI=1S/C6H11NO4S/c8-5(9)3-7(1-2-12)4-6(10)11/h12H,1-4H2,(H,8,9)(H,10,11). The molecule has 0 radical (unpaired) electrons. The second-order valence-electron chi connectivity index (χ2n) is 2.22. The van der Waals surface area contributed by atoms with Crippen molar-refractivity contribution in [3.8, 4) is 0 Å². The van der Waals surface area contributed by atoms with Gasteiger partial charge in [-0.3, -0.25) is 14.5 Å². The molecule has 2 N–H and O–H groups in total. The molecule has 0 aromatic heterocycles. The van der Waals surface area contributed by atoms with Gasteiger partial charge in [0.2, 0.25) is 0 Å². The van der Waals surface area contributed by atoms with Crippen molar-refractivity contribution >= 4 is 24.6 Å². The van der Waals surface area contributed by atoms with Crippen molar-refractivity contribution in [3.63, 3.8) is 0 Å². The summed E-state index contributed by atoms with van der Waals surface area (Å²) in [5, 5.41) is 16.7. The minimum atomic E-state index is -1.03. The molecule has 0 fully saturated rings. The summed E-state index contributed by atoms with van der Waals surface area (Å²) >= 11 is 3.88. The van der Waals surface area contributed by atoms with Gasteiger partial charge in [0.05, 0.1) is 13.1 Å². The SMILES string of the molecule is O=C(O)CN(CCS)CC(=O)O. The van der Waals surface area contributed by atoms with Gasteiger partial charge in [-0.2, -0.15) is 12.6 Å². The highest BCUT2D eigenvalue weighted by Gasteiger charge is 2.11. The van der Waals surface area contributed by atoms with Gasteiger partial charge >= 0.3 is 11.9 Å². The van der Waals surface area contributed by atoms with Gasteiger partial charge < -0.3 is 10.2 Å². The molecule has 0 amide bonds. The second-order valence-corrected chi connectivity index (χ2v) is 2.67. The van der Waals surface area contributed by atoms with E-state index >= 15 is 0 Å². The molecule has 0 heterocycles. The Morgan fingerprint density at radius 2 is 1.58 bits per heavy atom. The molecule has 0 atom stereocenters. The molecule has 0 aromatic carbocycles. The number of carbonyl (C=O) groups is 2. The molecule has 5 nitrogen and oxygen atoms in total. The average Bonchev–Trinajstić information content (AvgIpc) is 1.84. The van der Waals surface area contributed by atoms with E-state index in [4.69, 9.17) is 10.2 Å². The van der Waals surface area contributed by atoms with E-state index in [1.807, 2.05) is 0 Å². The Kier molecular flexibility index (Phi) is 5.48. The van der Waals surface area contributed by atoms with E-state index in [1.165, 1.54) is 4.90 Å². The highest BCUT2D eigenvalue weighted by Crippen LogP contribution is 1.89. The van der Waals surface area contributed by atoms with Crippen LogP contribution in [0.5, 0.6) is 0 Å². The summed E-state index contributed by atoms with van der Waals surface area (Å²) in [5.41, 5.74) is 0. The Balaban J connectivity index is 3.85. The number of hydrogen-bond donors (Lipinski definition) is 3. The van der Waals surface area contributed by atoms with Gasteiger partial charge in [-0.25, -0.2) is 0 Å². The summed E-state index contributed by atoms with van der Waals surface area (Å²) in [6, 6.07) is 0. The number of carboxylic acid groups (broad SMARTS) is 2. The quantitative estimate of drug-likeness (QED) is 0.490. The average molecular weight is 193 g/mol. The first-order chi connectivity index (χ1) is 5.56. The zero-order valence-electron chi connectivity index (χ0n) is 6.43. The highest BCUT2D eigenvalue weighted by molar-refractivity contribution is 7.80. The first kappa shape index (κ1) is 11.2. The fourth-order valence-corrected chi connectivity index (χ4v) is 1.02.